The minimum absolute atomic E-state index is 0.0349. The Hall–Kier alpha value is -3.82. The molecule has 0 radical (unpaired) electrons. The van der Waals surface area contributed by atoms with E-state index in [0.717, 1.165) is 9.87 Å². The molecule has 0 aliphatic rings. The fourth-order valence-corrected chi connectivity index (χ4v) is 4.81. The zero-order valence-corrected chi connectivity index (χ0v) is 21.4. The molecule has 1 amide bonds. The van der Waals surface area contributed by atoms with Crippen molar-refractivity contribution in [2.75, 3.05) is 24.6 Å². The number of sulfonamides is 1. The average molecular weight is 528 g/mol. The lowest BCUT2D eigenvalue weighted by Gasteiger charge is -2.24. The number of aryl methyl sites for hydroxylation is 1. The molecule has 0 bridgehead atoms. The number of amides is 1. The SMILES string of the molecule is C=CCOc1cccc(/C=N\NC(=O)CN(c2ccc(OC)c(Cl)c2)S(=O)(=O)c2ccc(C)cc2)c1. The van der Waals surface area contributed by atoms with Gasteiger partial charge in [-0.3, -0.25) is 9.10 Å². The molecular formula is C26H26ClN3O5S. The van der Waals surface area contributed by atoms with Crippen LogP contribution in [0.3, 0.4) is 0 Å². The molecular weight excluding hydrogens is 502 g/mol. The van der Waals surface area contributed by atoms with Gasteiger partial charge in [0.15, 0.2) is 0 Å². The van der Waals surface area contributed by atoms with Crippen molar-refractivity contribution in [2.24, 2.45) is 5.10 Å². The predicted octanol–water partition coefficient (Wildman–Crippen LogP) is 4.57. The summed E-state index contributed by atoms with van der Waals surface area (Å²) in [6.45, 7) is 5.29. The van der Waals surface area contributed by atoms with Crippen molar-refractivity contribution < 1.29 is 22.7 Å². The monoisotopic (exact) mass is 527 g/mol. The van der Waals surface area contributed by atoms with Crippen molar-refractivity contribution in [1.82, 2.24) is 5.43 Å². The Balaban J connectivity index is 1.83. The van der Waals surface area contributed by atoms with Gasteiger partial charge in [-0.1, -0.05) is 54.1 Å². The molecule has 1 N–H and O–H groups in total. The first-order chi connectivity index (χ1) is 17.2. The van der Waals surface area contributed by atoms with Gasteiger partial charge in [0, 0.05) is 0 Å². The van der Waals surface area contributed by atoms with Gasteiger partial charge in [0.05, 0.1) is 28.9 Å². The Bertz CT molecular complexity index is 1360. The quantitative estimate of drug-likeness (QED) is 0.224. The van der Waals surface area contributed by atoms with Crippen molar-refractivity contribution in [2.45, 2.75) is 11.8 Å². The molecule has 188 valence electrons. The number of hydrogen-bond donors (Lipinski definition) is 1. The fourth-order valence-electron chi connectivity index (χ4n) is 3.15. The summed E-state index contributed by atoms with van der Waals surface area (Å²) < 4.78 is 38.6. The molecule has 3 rings (SSSR count). The first-order valence-corrected chi connectivity index (χ1v) is 12.6. The van der Waals surface area contributed by atoms with Gasteiger partial charge in [-0.05, 0) is 55.0 Å². The fraction of sp³-hybridized carbons (Fsp3) is 0.154. The van der Waals surface area contributed by atoms with Crippen molar-refractivity contribution in [1.29, 1.82) is 0 Å². The minimum Gasteiger partial charge on any atom is -0.495 e. The van der Waals surface area contributed by atoms with E-state index in [-0.39, 0.29) is 15.6 Å². The Morgan fingerprint density at radius 2 is 1.89 bits per heavy atom. The molecule has 3 aromatic carbocycles. The number of rotatable bonds is 11. The Morgan fingerprint density at radius 3 is 2.56 bits per heavy atom. The lowest BCUT2D eigenvalue weighted by molar-refractivity contribution is -0.119. The maximum atomic E-state index is 13.5. The summed E-state index contributed by atoms with van der Waals surface area (Å²) in [6.07, 6.45) is 3.06. The molecule has 0 saturated carbocycles. The van der Waals surface area contributed by atoms with Gasteiger partial charge in [-0.15, -0.1) is 0 Å². The average Bonchev–Trinajstić information content (AvgIpc) is 2.86. The molecule has 0 heterocycles. The number of nitrogens with one attached hydrogen (secondary N) is 1. The van der Waals surface area contributed by atoms with E-state index in [1.807, 2.05) is 6.92 Å². The lowest BCUT2D eigenvalue weighted by Crippen LogP contribution is -2.39. The zero-order valence-electron chi connectivity index (χ0n) is 19.8. The van der Waals surface area contributed by atoms with E-state index in [1.54, 1.807) is 42.5 Å². The highest BCUT2D eigenvalue weighted by Gasteiger charge is 2.27. The second-order valence-electron chi connectivity index (χ2n) is 7.61. The maximum absolute atomic E-state index is 13.5. The number of carbonyl (C=O) groups is 1. The molecule has 0 fully saturated rings. The van der Waals surface area contributed by atoms with E-state index < -0.39 is 22.5 Å². The molecule has 0 atom stereocenters. The number of carbonyl (C=O) groups excluding carboxylic acids is 1. The summed E-state index contributed by atoms with van der Waals surface area (Å²) in [6, 6.07) is 17.9. The van der Waals surface area contributed by atoms with Crippen LogP contribution in [0.25, 0.3) is 0 Å². The molecule has 0 saturated heterocycles. The van der Waals surface area contributed by atoms with Crippen molar-refractivity contribution in [3.63, 3.8) is 0 Å². The number of hydrogen-bond acceptors (Lipinski definition) is 6. The molecule has 0 aliphatic carbocycles. The van der Waals surface area contributed by atoms with Gasteiger partial charge in [0.1, 0.15) is 24.7 Å². The highest BCUT2D eigenvalue weighted by atomic mass is 35.5. The van der Waals surface area contributed by atoms with Gasteiger partial charge in [-0.2, -0.15) is 5.10 Å². The van der Waals surface area contributed by atoms with E-state index in [9.17, 15) is 13.2 Å². The molecule has 0 aliphatic heterocycles. The van der Waals surface area contributed by atoms with E-state index >= 15 is 0 Å². The second-order valence-corrected chi connectivity index (χ2v) is 9.88. The molecule has 36 heavy (non-hydrogen) atoms. The smallest absolute Gasteiger partial charge is 0.264 e. The highest BCUT2D eigenvalue weighted by Crippen LogP contribution is 2.32. The molecule has 10 heteroatoms. The summed E-state index contributed by atoms with van der Waals surface area (Å²) in [5.74, 6) is 0.353. The van der Waals surface area contributed by atoms with Crippen LogP contribution in [-0.4, -0.2) is 40.8 Å². The summed E-state index contributed by atoms with van der Waals surface area (Å²) in [5, 5.41) is 4.16. The van der Waals surface area contributed by atoms with Crippen LogP contribution in [0.1, 0.15) is 11.1 Å². The third-order valence-electron chi connectivity index (χ3n) is 4.95. The summed E-state index contributed by atoms with van der Waals surface area (Å²) in [5.41, 5.74) is 4.16. The first-order valence-electron chi connectivity index (χ1n) is 10.8. The number of anilines is 1. The van der Waals surface area contributed by atoms with Gasteiger partial charge < -0.3 is 9.47 Å². The van der Waals surface area contributed by atoms with Crippen molar-refractivity contribution >= 4 is 39.4 Å². The van der Waals surface area contributed by atoms with Gasteiger partial charge in [-0.25, -0.2) is 13.8 Å². The number of nitrogens with zero attached hydrogens (tertiary/aromatic N) is 2. The summed E-state index contributed by atoms with van der Waals surface area (Å²) in [4.78, 5) is 12.8. The number of benzene rings is 3. The first kappa shape index (κ1) is 26.8. The highest BCUT2D eigenvalue weighted by molar-refractivity contribution is 7.92. The van der Waals surface area contributed by atoms with Crippen LogP contribution in [0, 0.1) is 6.92 Å². The third kappa shape index (κ3) is 6.87. The van der Waals surface area contributed by atoms with Gasteiger partial charge in [0.25, 0.3) is 15.9 Å². The Morgan fingerprint density at radius 1 is 1.14 bits per heavy atom. The molecule has 0 spiro atoms. The van der Waals surface area contributed by atoms with Crippen LogP contribution in [0.5, 0.6) is 11.5 Å². The van der Waals surface area contributed by atoms with Crippen LogP contribution in [-0.2, 0) is 14.8 Å². The summed E-state index contributed by atoms with van der Waals surface area (Å²) in [7, 11) is -2.64. The van der Waals surface area contributed by atoms with Crippen LogP contribution in [0.15, 0.2) is 89.4 Å². The number of methoxy groups -OCH3 is 1. The van der Waals surface area contributed by atoms with Crippen LogP contribution < -0.4 is 19.2 Å². The third-order valence-corrected chi connectivity index (χ3v) is 7.03. The Kier molecular flexibility index (Phi) is 9.10. The van der Waals surface area contributed by atoms with Crippen molar-refractivity contribution in [3.8, 4) is 11.5 Å². The van der Waals surface area contributed by atoms with Crippen molar-refractivity contribution in [3.05, 3.63) is 95.5 Å². The predicted molar refractivity (Wildman–Crippen MR) is 142 cm³/mol. The van der Waals surface area contributed by atoms with Crippen LogP contribution in [0.4, 0.5) is 5.69 Å². The normalized spacial score (nSPS) is 11.2. The summed E-state index contributed by atoms with van der Waals surface area (Å²) >= 11 is 6.24. The van der Waals surface area contributed by atoms with Crippen LogP contribution in [0.2, 0.25) is 5.02 Å². The topological polar surface area (TPSA) is 97.3 Å². The Labute approximate surface area is 215 Å². The number of halogens is 1. The standard InChI is InChI=1S/C26H26ClN3O5S/c1-4-14-35-22-7-5-6-20(15-22)17-28-29-26(31)18-30(21-10-13-25(34-3)24(27)16-21)36(32,33)23-11-8-19(2)9-12-23/h4-13,15-17H,1,14,18H2,2-3H3,(H,29,31)/b28-17-. The largest absolute Gasteiger partial charge is 0.495 e. The molecule has 0 unspecified atom stereocenters. The van der Waals surface area contributed by atoms with Gasteiger partial charge >= 0.3 is 0 Å². The second kappa shape index (κ2) is 12.2. The molecule has 3 aromatic rings. The van der Waals surface area contributed by atoms with Crippen LogP contribution >= 0.6 is 11.6 Å². The van der Waals surface area contributed by atoms with E-state index in [4.69, 9.17) is 21.1 Å². The van der Waals surface area contributed by atoms with E-state index in [1.165, 1.54) is 43.7 Å². The number of hydrazone groups is 1. The minimum atomic E-state index is -4.10. The van der Waals surface area contributed by atoms with Gasteiger partial charge in [0.2, 0.25) is 0 Å². The molecule has 0 aromatic heterocycles. The zero-order chi connectivity index (χ0) is 26.1. The number of ether oxygens (including phenoxy) is 2. The molecule has 8 nitrogen and oxygen atoms in total. The van der Waals surface area contributed by atoms with E-state index in [0.29, 0.717) is 23.7 Å². The van der Waals surface area contributed by atoms with E-state index in [2.05, 4.69) is 17.1 Å². The maximum Gasteiger partial charge on any atom is 0.264 e. The lowest BCUT2D eigenvalue weighted by atomic mass is 10.2.